The third-order valence-corrected chi connectivity index (χ3v) is 4.18. The smallest absolute Gasteiger partial charge is 0.134 e. The maximum absolute atomic E-state index is 13.3. The molecule has 1 N–H and O–H groups in total. The summed E-state index contributed by atoms with van der Waals surface area (Å²) < 4.78 is 13.3. The molecule has 0 aliphatic heterocycles. The first kappa shape index (κ1) is 15.3. The zero-order chi connectivity index (χ0) is 17.1. The van der Waals surface area contributed by atoms with Gasteiger partial charge in [-0.3, -0.25) is 0 Å². The minimum atomic E-state index is -0.240. The van der Waals surface area contributed by atoms with Crippen molar-refractivity contribution in [2.75, 3.05) is 5.32 Å². The third-order valence-electron chi connectivity index (χ3n) is 4.18. The van der Waals surface area contributed by atoms with Gasteiger partial charge in [-0.05, 0) is 35.4 Å². The van der Waals surface area contributed by atoms with E-state index in [4.69, 9.17) is 4.98 Å². The van der Waals surface area contributed by atoms with Crippen molar-refractivity contribution in [1.29, 1.82) is 0 Å². The van der Waals surface area contributed by atoms with Crippen LogP contribution in [0.5, 0.6) is 0 Å². The molecule has 0 bridgehead atoms. The highest BCUT2D eigenvalue weighted by atomic mass is 19.1. The standard InChI is InChI=1S/C22H17FN2/c23-19-12-10-17(11-13-19)20-14-18-8-4-5-9-21(18)25-22(20)24-15-16-6-2-1-3-7-16/h1-14H,15H2,(H,24,25). The number of hydrogen-bond donors (Lipinski definition) is 1. The molecule has 2 nitrogen and oxygen atoms in total. The first-order valence-corrected chi connectivity index (χ1v) is 8.23. The largest absolute Gasteiger partial charge is 0.365 e. The number of anilines is 1. The van der Waals surface area contributed by atoms with Gasteiger partial charge in [0, 0.05) is 17.5 Å². The molecule has 0 radical (unpaired) electrons. The van der Waals surface area contributed by atoms with Crippen LogP contribution in [0.15, 0.2) is 84.9 Å². The summed E-state index contributed by atoms with van der Waals surface area (Å²) in [6, 6.07) is 26.8. The number of pyridine rings is 1. The summed E-state index contributed by atoms with van der Waals surface area (Å²) in [4.78, 5) is 4.78. The Balaban J connectivity index is 1.77. The van der Waals surface area contributed by atoms with Crippen LogP contribution in [0.25, 0.3) is 22.0 Å². The van der Waals surface area contributed by atoms with Gasteiger partial charge in [-0.15, -0.1) is 0 Å². The first-order chi connectivity index (χ1) is 12.3. The van der Waals surface area contributed by atoms with E-state index in [9.17, 15) is 4.39 Å². The fourth-order valence-corrected chi connectivity index (χ4v) is 2.88. The number of nitrogens with one attached hydrogen (secondary N) is 1. The van der Waals surface area contributed by atoms with Gasteiger partial charge in [0.2, 0.25) is 0 Å². The van der Waals surface area contributed by atoms with E-state index in [-0.39, 0.29) is 5.82 Å². The molecule has 0 aliphatic rings. The van der Waals surface area contributed by atoms with E-state index in [2.05, 4.69) is 23.5 Å². The molecule has 4 rings (SSSR count). The zero-order valence-corrected chi connectivity index (χ0v) is 13.6. The van der Waals surface area contributed by atoms with E-state index in [1.54, 1.807) is 12.1 Å². The lowest BCUT2D eigenvalue weighted by Crippen LogP contribution is -2.03. The highest BCUT2D eigenvalue weighted by Gasteiger charge is 2.09. The number of para-hydroxylation sites is 1. The zero-order valence-electron chi connectivity index (χ0n) is 13.6. The topological polar surface area (TPSA) is 24.9 Å². The van der Waals surface area contributed by atoms with Gasteiger partial charge >= 0.3 is 0 Å². The molecule has 1 aromatic heterocycles. The van der Waals surface area contributed by atoms with Crippen molar-refractivity contribution in [3.8, 4) is 11.1 Å². The maximum Gasteiger partial charge on any atom is 0.134 e. The average Bonchev–Trinajstić information content (AvgIpc) is 2.67. The lowest BCUT2D eigenvalue weighted by atomic mass is 10.0. The predicted octanol–water partition coefficient (Wildman–Crippen LogP) is 5.65. The van der Waals surface area contributed by atoms with E-state index in [0.29, 0.717) is 6.54 Å². The normalized spacial score (nSPS) is 10.8. The molecular weight excluding hydrogens is 311 g/mol. The molecule has 1 heterocycles. The van der Waals surface area contributed by atoms with Gasteiger partial charge in [-0.2, -0.15) is 0 Å². The monoisotopic (exact) mass is 328 g/mol. The number of fused-ring (bicyclic) bond motifs is 1. The van der Waals surface area contributed by atoms with Crippen molar-refractivity contribution < 1.29 is 4.39 Å². The summed E-state index contributed by atoms with van der Waals surface area (Å²) in [7, 11) is 0. The number of rotatable bonds is 4. The van der Waals surface area contributed by atoms with Crippen LogP contribution in [0.4, 0.5) is 10.2 Å². The SMILES string of the molecule is Fc1ccc(-c2cc3ccccc3nc2NCc2ccccc2)cc1. The highest BCUT2D eigenvalue weighted by Crippen LogP contribution is 2.30. The van der Waals surface area contributed by atoms with Gasteiger partial charge in [0.25, 0.3) is 0 Å². The second-order valence-electron chi connectivity index (χ2n) is 5.92. The van der Waals surface area contributed by atoms with Crippen LogP contribution in [0.2, 0.25) is 0 Å². The van der Waals surface area contributed by atoms with Crippen molar-refractivity contribution in [2.24, 2.45) is 0 Å². The Morgan fingerprint density at radius 2 is 1.52 bits per heavy atom. The summed E-state index contributed by atoms with van der Waals surface area (Å²) in [5.41, 5.74) is 4.02. The van der Waals surface area contributed by atoms with Crippen LogP contribution in [0.1, 0.15) is 5.56 Å². The Morgan fingerprint density at radius 3 is 2.32 bits per heavy atom. The lowest BCUT2D eigenvalue weighted by Gasteiger charge is -2.13. The van der Waals surface area contributed by atoms with Crippen LogP contribution in [-0.4, -0.2) is 4.98 Å². The van der Waals surface area contributed by atoms with Crippen molar-refractivity contribution in [1.82, 2.24) is 4.98 Å². The van der Waals surface area contributed by atoms with Crippen molar-refractivity contribution in [3.05, 3.63) is 96.3 Å². The number of aromatic nitrogens is 1. The summed E-state index contributed by atoms with van der Waals surface area (Å²) in [6.45, 7) is 0.681. The minimum Gasteiger partial charge on any atom is -0.365 e. The molecule has 0 unspecified atom stereocenters. The average molecular weight is 328 g/mol. The number of nitrogens with zero attached hydrogens (tertiary/aromatic N) is 1. The second kappa shape index (κ2) is 6.73. The molecule has 0 fully saturated rings. The second-order valence-corrected chi connectivity index (χ2v) is 5.92. The lowest BCUT2D eigenvalue weighted by molar-refractivity contribution is 0.628. The minimum absolute atomic E-state index is 0.240. The van der Waals surface area contributed by atoms with Crippen LogP contribution in [0, 0.1) is 5.82 Å². The van der Waals surface area contributed by atoms with Crippen molar-refractivity contribution >= 4 is 16.7 Å². The molecule has 0 spiro atoms. The summed E-state index contributed by atoms with van der Waals surface area (Å²) in [5.74, 6) is 0.561. The molecule has 3 heteroatoms. The number of hydrogen-bond acceptors (Lipinski definition) is 2. The van der Waals surface area contributed by atoms with Gasteiger partial charge in [-0.1, -0.05) is 60.7 Å². The van der Waals surface area contributed by atoms with E-state index in [0.717, 1.165) is 27.8 Å². The van der Waals surface area contributed by atoms with E-state index < -0.39 is 0 Å². The molecular formula is C22H17FN2. The van der Waals surface area contributed by atoms with Gasteiger partial charge in [0.15, 0.2) is 0 Å². The van der Waals surface area contributed by atoms with Crippen molar-refractivity contribution in [2.45, 2.75) is 6.54 Å². The molecule has 122 valence electrons. The van der Waals surface area contributed by atoms with Gasteiger partial charge < -0.3 is 5.32 Å². The van der Waals surface area contributed by atoms with E-state index >= 15 is 0 Å². The number of halogens is 1. The van der Waals surface area contributed by atoms with E-state index in [1.807, 2.05) is 42.5 Å². The summed E-state index contributed by atoms with van der Waals surface area (Å²) >= 11 is 0. The van der Waals surface area contributed by atoms with Gasteiger partial charge in [0.1, 0.15) is 11.6 Å². The first-order valence-electron chi connectivity index (χ1n) is 8.23. The van der Waals surface area contributed by atoms with Crippen LogP contribution >= 0.6 is 0 Å². The van der Waals surface area contributed by atoms with Crippen molar-refractivity contribution in [3.63, 3.8) is 0 Å². The molecule has 3 aromatic carbocycles. The van der Waals surface area contributed by atoms with Gasteiger partial charge in [-0.25, -0.2) is 9.37 Å². The van der Waals surface area contributed by atoms with Crippen LogP contribution in [0.3, 0.4) is 0 Å². The Kier molecular flexibility index (Phi) is 4.13. The van der Waals surface area contributed by atoms with Crippen LogP contribution in [-0.2, 0) is 6.54 Å². The molecule has 4 aromatic rings. The maximum atomic E-state index is 13.3. The fourth-order valence-electron chi connectivity index (χ4n) is 2.88. The Bertz CT molecular complexity index is 995. The summed E-state index contributed by atoms with van der Waals surface area (Å²) in [5, 5.41) is 4.49. The van der Waals surface area contributed by atoms with Gasteiger partial charge in [0.05, 0.1) is 5.52 Å². The quantitative estimate of drug-likeness (QED) is 0.523. The van der Waals surface area contributed by atoms with E-state index in [1.165, 1.54) is 17.7 Å². The highest BCUT2D eigenvalue weighted by molar-refractivity contribution is 5.89. The molecule has 0 aliphatic carbocycles. The number of benzene rings is 3. The summed E-state index contributed by atoms with van der Waals surface area (Å²) in [6.07, 6.45) is 0. The molecule has 0 saturated carbocycles. The Labute approximate surface area is 146 Å². The molecule has 0 atom stereocenters. The molecule has 25 heavy (non-hydrogen) atoms. The molecule has 0 amide bonds. The Hall–Kier alpha value is -3.20. The Morgan fingerprint density at radius 1 is 0.800 bits per heavy atom. The predicted molar refractivity (Wildman–Crippen MR) is 101 cm³/mol. The fraction of sp³-hybridized carbons (Fsp3) is 0.0455. The molecule has 0 saturated heterocycles. The third kappa shape index (κ3) is 3.36. The van der Waals surface area contributed by atoms with Crippen LogP contribution < -0.4 is 5.32 Å².